The summed E-state index contributed by atoms with van der Waals surface area (Å²) in [5, 5.41) is 0.495. The van der Waals surface area contributed by atoms with Crippen molar-refractivity contribution in [2.75, 3.05) is 13.1 Å². The second-order valence-corrected chi connectivity index (χ2v) is 9.58. The van der Waals surface area contributed by atoms with Crippen molar-refractivity contribution in [2.45, 2.75) is 35.1 Å². The summed E-state index contributed by atoms with van der Waals surface area (Å²) in [4.78, 5) is -0.392. The summed E-state index contributed by atoms with van der Waals surface area (Å²) in [5.74, 6) is -0.940. The van der Waals surface area contributed by atoms with Crippen LogP contribution >= 0.6 is 35.0 Å². The number of hydrogen-bond donors (Lipinski definition) is 0. The number of thioether (sulfide) groups is 1. The van der Waals surface area contributed by atoms with E-state index in [1.54, 1.807) is 11.8 Å². The zero-order valence-corrected chi connectivity index (χ0v) is 14.8. The lowest BCUT2D eigenvalue weighted by atomic mass is 10.2. The normalized spacial score (nSPS) is 24.2. The van der Waals surface area contributed by atoms with Crippen molar-refractivity contribution in [3.63, 3.8) is 0 Å². The highest BCUT2D eigenvalue weighted by molar-refractivity contribution is 8.00. The molecule has 0 aliphatic carbocycles. The lowest BCUT2D eigenvalue weighted by molar-refractivity contribution is 0.401. The summed E-state index contributed by atoms with van der Waals surface area (Å²) in [6.45, 7) is 4.64. The smallest absolute Gasteiger partial charge is 0.207 e. The van der Waals surface area contributed by atoms with E-state index >= 15 is 0 Å². The van der Waals surface area contributed by atoms with E-state index in [1.165, 1.54) is 10.4 Å². The molecule has 0 aromatic heterocycles. The van der Waals surface area contributed by atoms with Crippen LogP contribution in [0.1, 0.15) is 19.4 Å². The number of alkyl halides is 1. The van der Waals surface area contributed by atoms with E-state index in [4.69, 9.17) is 23.2 Å². The highest BCUT2D eigenvalue weighted by Crippen LogP contribution is 2.32. The average molecular weight is 372 g/mol. The van der Waals surface area contributed by atoms with E-state index < -0.39 is 20.7 Å². The summed E-state index contributed by atoms with van der Waals surface area (Å²) < 4.78 is 41.1. The van der Waals surface area contributed by atoms with Crippen molar-refractivity contribution < 1.29 is 12.8 Å². The van der Waals surface area contributed by atoms with Crippen LogP contribution in [0.25, 0.3) is 0 Å². The molecule has 1 aliphatic heterocycles. The van der Waals surface area contributed by atoms with E-state index in [2.05, 4.69) is 0 Å². The first-order valence-corrected chi connectivity index (χ1v) is 9.74. The largest absolute Gasteiger partial charge is 0.246 e. The molecule has 1 aromatic rings. The van der Waals surface area contributed by atoms with Gasteiger partial charge in [-0.2, -0.15) is 16.1 Å². The minimum atomic E-state index is -3.91. The predicted octanol–water partition coefficient (Wildman–Crippen LogP) is 3.73. The number of sulfonamides is 1. The average Bonchev–Trinajstić information content (AvgIpc) is 2.39. The van der Waals surface area contributed by atoms with Gasteiger partial charge in [0.2, 0.25) is 10.0 Å². The van der Waals surface area contributed by atoms with Crippen LogP contribution in [0.4, 0.5) is 4.39 Å². The summed E-state index contributed by atoms with van der Waals surface area (Å²) in [5.41, 5.74) is 0.0928. The van der Waals surface area contributed by atoms with Crippen molar-refractivity contribution in [1.29, 1.82) is 0 Å². The van der Waals surface area contributed by atoms with E-state index in [-0.39, 0.29) is 27.0 Å². The molecule has 0 saturated carbocycles. The molecule has 1 aliphatic rings. The van der Waals surface area contributed by atoms with Crippen LogP contribution in [0.5, 0.6) is 0 Å². The molecule has 1 aromatic carbocycles. The minimum Gasteiger partial charge on any atom is -0.207 e. The zero-order valence-electron chi connectivity index (χ0n) is 11.6. The third-order valence-electron chi connectivity index (χ3n) is 3.23. The van der Waals surface area contributed by atoms with Crippen LogP contribution in [-0.2, 0) is 15.9 Å². The van der Waals surface area contributed by atoms with Crippen LogP contribution in [-0.4, -0.2) is 36.3 Å². The standard InChI is InChI=1S/C13H16Cl2FNO2S2/c1-8-6-17(7-9(2)20-8)21(18,19)12-4-11(15)3-10(5-14)13(12)16/h3-4,8-9H,5-7H2,1-2H3. The van der Waals surface area contributed by atoms with Crippen molar-refractivity contribution in [2.24, 2.45) is 0 Å². The first-order chi connectivity index (χ1) is 9.75. The zero-order chi connectivity index (χ0) is 15.8. The summed E-state index contributed by atoms with van der Waals surface area (Å²) >= 11 is 13.3. The maximum atomic E-state index is 14.3. The Balaban J connectivity index is 2.47. The summed E-state index contributed by atoms with van der Waals surface area (Å²) in [6.07, 6.45) is 0. The predicted molar refractivity (Wildman–Crippen MR) is 86.2 cm³/mol. The van der Waals surface area contributed by atoms with Gasteiger partial charge in [0.1, 0.15) is 10.7 Å². The van der Waals surface area contributed by atoms with Crippen molar-refractivity contribution in [3.8, 4) is 0 Å². The van der Waals surface area contributed by atoms with Gasteiger partial charge in [0.15, 0.2) is 0 Å². The number of nitrogens with zero attached hydrogens (tertiary/aromatic N) is 1. The fraction of sp³-hybridized carbons (Fsp3) is 0.538. The van der Waals surface area contributed by atoms with E-state index in [0.29, 0.717) is 13.1 Å². The monoisotopic (exact) mass is 371 g/mol. The Morgan fingerprint density at radius 3 is 2.43 bits per heavy atom. The minimum absolute atomic E-state index is 0.0928. The van der Waals surface area contributed by atoms with Gasteiger partial charge in [0.25, 0.3) is 0 Å². The number of halogens is 3. The maximum Gasteiger partial charge on any atom is 0.246 e. The third kappa shape index (κ3) is 3.67. The van der Waals surface area contributed by atoms with E-state index in [0.717, 1.165) is 6.07 Å². The first kappa shape index (κ1) is 17.3. The number of hydrogen-bond acceptors (Lipinski definition) is 3. The quantitative estimate of drug-likeness (QED) is 0.759. The second-order valence-electron chi connectivity index (χ2n) is 5.09. The molecule has 3 nitrogen and oxygen atoms in total. The topological polar surface area (TPSA) is 37.4 Å². The fourth-order valence-corrected chi connectivity index (χ4v) is 6.13. The molecule has 1 fully saturated rings. The molecular weight excluding hydrogens is 356 g/mol. The number of rotatable bonds is 3. The van der Waals surface area contributed by atoms with Gasteiger partial charge >= 0.3 is 0 Å². The maximum absolute atomic E-state index is 14.3. The highest BCUT2D eigenvalue weighted by Gasteiger charge is 2.34. The van der Waals surface area contributed by atoms with Crippen LogP contribution in [0, 0.1) is 5.82 Å². The Kier molecular flexibility index (Phi) is 5.47. The van der Waals surface area contributed by atoms with Gasteiger partial charge in [0, 0.05) is 34.2 Å². The van der Waals surface area contributed by atoms with Gasteiger partial charge in [-0.15, -0.1) is 11.6 Å². The lowest BCUT2D eigenvalue weighted by Gasteiger charge is -2.33. The molecule has 0 radical (unpaired) electrons. The van der Waals surface area contributed by atoms with Gasteiger partial charge in [0.05, 0.1) is 5.88 Å². The van der Waals surface area contributed by atoms with Crippen LogP contribution in [0.2, 0.25) is 5.02 Å². The highest BCUT2D eigenvalue weighted by atomic mass is 35.5. The molecule has 2 atom stereocenters. The Hall–Kier alpha value is -0.0100. The molecule has 1 saturated heterocycles. The summed E-state index contributed by atoms with van der Waals surface area (Å²) in [7, 11) is -3.91. The Bertz CT molecular complexity index is 629. The van der Waals surface area contributed by atoms with Crippen LogP contribution < -0.4 is 0 Å². The fourth-order valence-electron chi connectivity index (χ4n) is 2.37. The molecule has 118 valence electrons. The van der Waals surface area contributed by atoms with Gasteiger partial charge in [-0.05, 0) is 12.1 Å². The first-order valence-electron chi connectivity index (χ1n) is 6.45. The summed E-state index contributed by atoms with van der Waals surface area (Å²) in [6, 6.07) is 2.50. The van der Waals surface area contributed by atoms with Gasteiger partial charge in [-0.25, -0.2) is 12.8 Å². The number of benzene rings is 1. The van der Waals surface area contributed by atoms with E-state index in [9.17, 15) is 12.8 Å². The Morgan fingerprint density at radius 1 is 1.33 bits per heavy atom. The molecular formula is C13H16Cl2FNO2S2. The van der Waals surface area contributed by atoms with Gasteiger partial charge in [-0.3, -0.25) is 0 Å². The molecule has 0 N–H and O–H groups in total. The molecule has 8 heteroatoms. The van der Waals surface area contributed by atoms with Gasteiger partial charge < -0.3 is 0 Å². The third-order valence-corrected chi connectivity index (χ3v) is 6.79. The molecule has 0 spiro atoms. The molecule has 0 amide bonds. The molecule has 21 heavy (non-hydrogen) atoms. The molecule has 1 heterocycles. The van der Waals surface area contributed by atoms with E-state index in [1.807, 2.05) is 13.8 Å². The Labute approximate surface area is 138 Å². The second kappa shape index (κ2) is 6.62. The van der Waals surface area contributed by atoms with Crippen LogP contribution in [0.3, 0.4) is 0 Å². The Morgan fingerprint density at radius 2 is 1.90 bits per heavy atom. The molecule has 2 unspecified atom stereocenters. The van der Waals surface area contributed by atoms with Crippen molar-refractivity contribution in [3.05, 3.63) is 28.5 Å². The van der Waals surface area contributed by atoms with Gasteiger partial charge in [-0.1, -0.05) is 25.4 Å². The van der Waals surface area contributed by atoms with Crippen LogP contribution in [0.15, 0.2) is 17.0 Å². The SMILES string of the molecule is CC1CN(S(=O)(=O)c2cc(Cl)cc(CCl)c2F)CC(C)S1. The molecule has 2 rings (SSSR count). The van der Waals surface area contributed by atoms with Crippen molar-refractivity contribution >= 4 is 45.0 Å². The molecule has 0 bridgehead atoms. The van der Waals surface area contributed by atoms with Crippen molar-refractivity contribution in [1.82, 2.24) is 4.31 Å². The lowest BCUT2D eigenvalue weighted by Crippen LogP contribution is -2.44.